The lowest BCUT2D eigenvalue weighted by Crippen LogP contribution is -2.43. The molecule has 1 saturated heterocycles. The zero-order chi connectivity index (χ0) is 15.6. The first-order chi connectivity index (χ1) is 9.86. The van der Waals surface area contributed by atoms with Crippen LogP contribution < -0.4 is 5.32 Å². The van der Waals surface area contributed by atoms with E-state index in [9.17, 15) is 8.42 Å². The van der Waals surface area contributed by atoms with Crippen LogP contribution in [0.4, 0.5) is 0 Å². The van der Waals surface area contributed by atoms with Crippen LogP contribution in [0.2, 0.25) is 4.34 Å². The van der Waals surface area contributed by atoms with Gasteiger partial charge in [-0.05, 0) is 50.8 Å². The van der Waals surface area contributed by atoms with E-state index in [2.05, 4.69) is 19.2 Å². The van der Waals surface area contributed by atoms with Crippen LogP contribution in [0.5, 0.6) is 0 Å². The number of hydrogen-bond acceptors (Lipinski definition) is 4. The van der Waals surface area contributed by atoms with Crippen LogP contribution in [0.3, 0.4) is 0 Å². The van der Waals surface area contributed by atoms with Gasteiger partial charge < -0.3 is 5.32 Å². The second-order valence-corrected chi connectivity index (χ2v) is 9.43. The molecule has 0 aliphatic carbocycles. The van der Waals surface area contributed by atoms with Crippen molar-refractivity contribution in [2.45, 2.75) is 43.9 Å². The van der Waals surface area contributed by atoms with Crippen LogP contribution >= 0.6 is 22.9 Å². The fourth-order valence-corrected chi connectivity index (χ4v) is 6.12. The minimum atomic E-state index is -3.38. The molecule has 0 saturated carbocycles. The molecule has 2 heterocycles. The average Bonchev–Trinajstić information content (AvgIpc) is 2.80. The quantitative estimate of drug-likeness (QED) is 0.887. The maximum Gasteiger partial charge on any atom is 0.252 e. The number of nitrogens with one attached hydrogen (secondary N) is 1. The molecule has 1 atom stereocenters. The van der Waals surface area contributed by atoms with Gasteiger partial charge in [0.15, 0.2) is 0 Å². The molecule has 4 nitrogen and oxygen atoms in total. The fourth-order valence-electron chi connectivity index (χ4n) is 2.79. The van der Waals surface area contributed by atoms with Crippen molar-refractivity contribution in [3.05, 3.63) is 16.0 Å². The summed E-state index contributed by atoms with van der Waals surface area (Å²) in [5, 5.41) is 3.43. The number of piperidine rings is 1. The van der Waals surface area contributed by atoms with E-state index >= 15 is 0 Å². The van der Waals surface area contributed by atoms with Gasteiger partial charge >= 0.3 is 0 Å². The van der Waals surface area contributed by atoms with Crippen molar-refractivity contribution in [2.24, 2.45) is 5.92 Å². The maximum atomic E-state index is 12.6. The summed E-state index contributed by atoms with van der Waals surface area (Å²) in [4.78, 5) is 0. The van der Waals surface area contributed by atoms with Gasteiger partial charge in [-0.25, -0.2) is 8.42 Å². The lowest BCUT2D eigenvalue weighted by atomic mass is 9.91. The largest absolute Gasteiger partial charge is 0.314 e. The molecule has 120 valence electrons. The van der Waals surface area contributed by atoms with Gasteiger partial charge in [0.2, 0.25) is 0 Å². The zero-order valence-corrected chi connectivity index (χ0v) is 15.1. The molecule has 1 aromatic rings. The Bertz CT molecular complexity index is 558. The highest BCUT2D eigenvalue weighted by Crippen LogP contribution is 2.33. The summed E-state index contributed by atoms with van der Waals surface area (Å²) in [6.45, 7) is 8.25. The first-order valence-corrected chi connectivity index (χ1v) is 9.99. The first kappa shape index (κ1) is 17.2. The molecule has 1 aliphatic rings. The standard InChI is InChI=1S/C14H23ClN2O2S2/c1-4-16-11(3)12-5-7-17(8-6-12)21(18,19)13-9-10(2)14(15)20-13/h9,11-12,16H,4-8H2,1-3H3. The second-order valence-electron chi connectivity index (χ2n) is 5.61. The van der Waals surface area contributed by atoms with Crippen molar-refractivity contribution in [1.29, 1.82) is 0 Å². The zero-order valence-electron chi connectivity index (χ0n) is 12.7. The molecule has 0 bridgehead atoms. The molecule has 1 N–H and O–H groups in total. The Hall–Kier alpha value is -0.140. The monoisotopic (exact) mass is 350 g/mol. The molecular weight excluding hydrogens is 328 g/mol. The average molecular weight is 351 g/mol. The summed E-state index contributed by atoms with van der Waals surface area (Å²) < 4.78 is 27.8. The van der Waals surface area contributed by atoms with E-state index in [1.165, 1.54) is 0 Å². The number of aryl methyl sites for hydroxylation is 1. The molecule has 1 unspecified atom stereocenters. The van der Waals surface area contributed by atoms with Gasteiger partial charge in [0.1, 0.15) is 4.21 Å². The van der Waals surface area contributed by atoms with Gasteiger partial charge in [-0.2, -0.15) is 4.31 Å². The van der Waals surface area contributed by atoms with Gasteiger partial charge in [0.25, 0.3) is 10.0 Å². The SMILES string of the molecule is CCNC(C)C1CCN(S(=O)(=O)c2cc(C)c(Cl)s2)CC1. The molecule has 0 aromatic carbocycles. The molecule has 1 aromatic heterocycles. The topological polar surface area (TPSA) is 49.4 Å². The van der Waals surface area contributed by atoms with Gasteiger partial charge in [-0.15, -0.1) is 11.3 Å². The minimum Gasteiger partial charge on any atom is -0.314 e. The molecule has 21 heavy (non-hydrogen) atoms. The van der Waals surface area contributed by atoms with Crippen LogP contribution in [0, 0.1) is 12.8 Å². The molecule has 0 amide bonds. The van der Waals surface area contributed by atoms with Crippen molar-refractivity contribution in [2.75, 3.05) is 19.6 Å². The molecular formula is C14H23ClN2O2S2. The van der Waals surface area contributed by atoms with Gasteiger partial charge in [0.05, 0.1) is 4.34 Å². The van der Waals surface area contributed by atoms with E-state index < -0.39 is 10.0 Å². The lowest BCUT2D eigenvalue weighted by molar-refractivity contribution is 0.233. The van der Waals surface area contributed by atoms with E-state index in [1.54, 1.807) is 10.4 Å². The summed E-state index contributed by atoms with van der Waals surface area (Å²) >= 11 is 7.15. The third-order valence-electron chi connectivity index (χ3n) is 4.16. The van der Waals surface area contributed by atoms with Gasteiger partial charge in [-0.1, -0.05) is 18.5 Å². The Kier molecular flexibility index (Phi) is 5.71. The predicted molar refractivity (Wildman–Crippen MR) is 88.7 cm³/mol. The summed E-state index contributed by atoms with van der Waals surface area (Å²) in [5.74, 6) is 0.546. The Balaban J connectivity index is 2.04. The number of sulfonamides is 1. The van der Waals surface area contributed by atoms with E-state index in [0.717, 1.165) is 36.3 Å². The Morgan fingerprint density at radius 3 is 2.57 bits per heavy atom. The smallest absolute Gasteiger partial charge is 0.252 e. The molecule has 1 fully saturated rings. The van der Waals surface area contributed by atoms with Crippen LogP contribution in [0.15, 0.2) is 10.3 Å². The van der Waals surface area contributed by atoms with Crippen molar-refractivity contribution < 1.29 is 8.42 Å². The first-order valence-electron chi connectivity index (χ1n) is 7.35. The number of nitrogens with zero attached hydrogens (tertiary/aromatic N) is 1. The third kappa shape index (κ3) is 3.79. The summed E-state index contributed by atoms with van der Waals surface area (Å²) in [6, 6.07) is 2.12. The molecule has 2 rings (SSSR count). The van der Waals surface area contributed by atoms with Crippen molar-refractivity contribution in [3.63, 3.8) is 0 Å². The van der Waals surface area contributed by atoms with Gasteiger partial charge in [-0.3, -0.25) is 0 Å². The molecule has 0 radical (unpaired) electrons. The highest BCUT2D eigenvalue weighted by molar-refractivity contribution is 7.91. The second kappa shape index (κ2) is 6.96. The van der Waals surface area contributed by atoms with Crippen LogP contribution in [0.1, 0.15) is 32.3 Å². The van der Waals surface area contributed by atoms with Crippen LogP contribution in [-0.4, -0.2) is 38.4 Å². The Labute approximate surface area is 136 Å². The number of halogens is 1. The maximum absolute atomic E-state index is 12.6. The molecule has 0 spiro atoms. The van der Waals surface area contributed by atoms with E-state index in [4.69, 9.17) is 11.6 Å². The molecule has 7 heteroatoms. The molecule has 1 aliphatic heterocycles. The normalized spacial score (nSPS) is 19.8. The van der Waals surface area contributed by atoms with Crippen LogP contribution in [-0.2, 0) is 10.0 Å². The lowest BCUT2D eigenvalue weighted by Gasteiger charge is -2.34. The van der Waals surface area contributed by atoms with Crippen molar-refractivity contribution >= 4 is 33.0 Å². The van der Waals surface area contributed by atoms with Gasteiger partial charge in [0, 0.05) is 19.1 Å². The summed E-state index contributed by atoms with van der Waals surface area (Å²) in [6.07, 6.45) is 1.82. The third-order valence-corrected chi connectivity index (χ3v) is 8.06. The van der Waals surface area contributed by atoms with Crippen molar-refractivity contribution in [1.82, 2.24) is 9.62 Å². The Morgan fingerprint density at radius 1 is 1.48 bits per heavy atom. The fraction of sp³-hybridized carbons (Fsp3) is 0.714. The minimum absolute atomic E-state index is 0.364. The summed E-state index contributed by atoms with van der Waals surface area (Å²) in [7, 11) is -3.38. The number of rotatable bonds is 5. The van der Waals surface area contributed by atoms with E-state index in [0.29, 0.717) is 33.6 Å². The van der Waals surface area contributed by atoms with Crippen LogP contribution in [0.25, 0.3) is 0 Å². The Morgan fingerprint density at radius 2 is 2.10 bits per heavy atom. The number of hydrogen-bond donors (Lipinski definition) is 1. The summed E-state index contributed by atoms with van der Waals surface area (Å²) in [5.41, 5.74) is 0.830. The predicted octanol–water partition coefficient (Wildman–Crippen LogP) is 3.11. The van der Waals surface area contributed by atoms with E-state index in [-0.39, 0.29) is 0 Å². The number of thiophene rings is 1. The van der Waals surface area contributed by atoms with Crippen molar-refractivity contribution in [3.8, 4) is 0 Å². The highest BCUT2D eigenvalue weighted by Gasteiger charge is 2.32. The highest BCUT2D eigenvalue weighted by atomic mass is 35.5. The van der Waals surface area contributed by atoms with E-state index in [1.807, 2.05) is 6.92 Å².